The molecule has 3 nitrogen and oxygen atoms in total. The third-order valence-corrected chi connectivity index (χ3v) is 3.35. The SMILES string of the molecule is CC(C)[C@@H]1OC(=O)[C@](C)(c2ccccc2)C1=O. The molecule has 1 aliphatic heterocycles. The van der Waals surface area contributed by atoms with Crippen molar-refractivity contribution in [3.63, 3.8) is 0 Å². The second-order valence-electron chi connectivity index (χ2n) is 4.93. The molecule has 1 aromatic rings. The lowest BCUT2D eigenvalue weighted by atomic mass is 9.77. The Hall–Kier alpha value is -1.64. The molecule has 0 N–H and O–H groups in total. The van der Waals surface area contributed by atoms with Crippen LogP contribution >= 0.6 is 0 Å². The molecule has 0 saturated carbocycles. The van der Waals surface area contributed by atoms with Gasteiger partial charge in [0.25, 0.3) is 0 Å². The molecule has 1 saturated heterocycles. The molecule has 1 heterocycles. The first-order chi connectivity index (χ1) is 7.98. The molecule has 0 aromatic heterocycles. The van der Waals surface area contributed by atoms with Gasteiger partial charge in [-0.15, -0.1) is 0 Å². The fourth-order valence-electron chi connectivity index (χ4n) is 2.14. The zero-order chi connectivity index (χ0) is 12.6. The molecule has 90 valence electrons. The summed E-state index contributed by atoms with van der Waals surface area (Å²) < 4.78 is 5.22. The van der Waals surface area contributed by atoms with E-state index in [1.165, 1.54) is 0 Å². The van der Waals surface area contributed by atoms with Gasteiger partial charge in [0.2, 0.25) is 0 Å². The van der Waals surface area contributed by atoms with Crippen LogP contribution in [0.2, 0.25) is 0 Å². The highest BCUT2D eigenvalue weighted by molar-refractivity contribution is 6.15. The summed E-state index contributed by atoms with van der Waals surface area (Å²) in [7, 11) is 0. The molecule has 0 bridgehead atoms. The maximum atomic E-state index is 12.3. The third kappa shape index (κ3) is 1.66. The Kier molecular flexibility index (Phi) is 2.77. The molecular weight excluding hydrogens is 216 g/mol. The minimum Gasteiger partial charge on any atom is -0.453 e. The number of benzene rings is 1. The van der Waals surface area contributed by atoms with Gasteiger partial charge in [-0.3, -0.25) is 9.59 Å². The number of ketones is 1. The molecular formula is C14H16O3. The van der Waals surface area contributed by atoms with E-state index in [0.29, 0.717) is 5.56 Å². The number of carbonyl (C=O) groups excluding carboxylic acids is 2. The summed E-state index contributed by atoms with van der Waals surface area (Å²) in [6.45, 7) is 5.41. The van der Waals surface area contributed by atoms with Gasteiger partial charge in [-0.05, 0) is 18.4 Å². The van der Waals surface area contributed by atoms with E-state index >= 15 is 0 Å². The first kappa shape index (κ1) is 11.8. The predicted molar refractivity (Wildman–Crippen MR) is 63.5 cm³/mol. The van der Waals surface area contributed by atoms with E-state index in [1.54, 1.807) is 19.1 Å². The van der Waals surface area contributed by atoms with Crippen LogP contribution in [0, 0.1) is 5.92 Å². The van der Waals surface area contributed by atoms with Crippen molar-refractivity contribution in [2.75, 3.05) is 0 Å². The quantitative estimate of drug-likeness (QED) is 0.579. The monoisotopic (exact) mass is 232 g/mol. The second kappa shape index (κ2) is 3.99. The lowest BCUT2D eigenvalue weighted by Crippen LogP contribution is -2.37. The molecule has 2 atom stereocenters. The topological polar surface area (TPSA) is 43.4 Å². The number of esters is 1. The van der Waals surface area contributed by atoms with E-state index in [1.807, 2.05) is 32.0 Å². The van der Waals surface area contributed by atoms with Crippen molar-refractivity contribution in [3.8, 4) is 0 Å². The lowest BCUT2D eigenvalue weighted by Gasteiger charge is -2.18. The Morgan fingerprint density at radius 1 is 1.18 bits per heavy atom. The predicted octanol–water partition coefficient (Wildman–Crippen LogP) is 2.09. The average molecular weight is 232 g/mol. The molecule has 0 radical (unpaired) electrons. The molecule has 1 fully saturated rings. The third-order valence-electron chi connectivity index (χ3n) is 3.35. The van der Waals surface area contributed by atoms with E-state index in [4.69, 9.17) is 4.74 Å². The van der Waals surface area contributed by atoms with Crippen molar-refractivity contribution in [2.24, 2.45) is 5.92 Å². The highest BCUT2D eigenvalue weighted by Crippen LogP contribution is 2.36. The fraction of sp³-hybridized carbons (Fsp3) is 0.429. The summed E-state index contributed by atoms with van der Waals surface area (Å²) in [5.41, 5.74) is -0.436. The number of ether oxygens (including phenoxy) is 1. The molecule has 3 heteroatoms. The van der Waals surface area contributed by atoms with Crippen LogP contribution in [0.3, 0.4) is 0 Å². The average Bonchev–Trinajstić information content (AvgIpc) is 2.56. The summed E-state index contributed by atoms with van der Waals surface area (Å²) in [5, 5.41) is 0. The van der Waals surface area contributed by atoms with E-state index in [0.717, 1.165) is 0 Å². The molecule has 2 rings (SSSR count). The van der Waals surface area contributed by atoms with E-state index in [9.17, 15) is 9.59 Å². The molecule has 0 amide bonds. The largest absolute Gasteiger partial charge is 0.453 e. The number of carbonyl (C=O) groups is 2. The van der Waals surface area contributed by atoms with Crippen LogP contribution in [-0.2, 0) is 19.7 Å². The van der Waals surface area contributed by atoms with Gasteiger partial charge in [0, 0.05) is 0 Å². The Bertz CT molecular complexity index is 450. The number of hydrogen-bond acceptors (Lipinski definition) is 3. The van der Waals surface area contributed by atoms with Crippen molar-refractivity contribution in [1.82, 2.24) is 0 Å². The lowest BCUT2D eigenvalue weighted by molar-refractivity contribution is -0.146. The molecule has 0 unspecified atom stereocenters. The van der Waals surface area contributed by atoms with Crippen LogP contribution in [0.25, 0.3) is 0 Å². The van der Waals surface area contributed by atoms with Gasteiger partial charge in [0.05, 0.1) is 0 Å². The normalized spacial score (nSPS) is 28.6. The van der Waals surface area contributed by atoms with Crippen molar-refractivity contribution in [2.45, 2.75) is 32.3 Å². The van der Waals surface area contributed by atoms with Crippen molar-refractivity contribution in [3.05, 3.63) is 35.9 Å². The van der Waals surface area contributed by atoms with Crippen LogP contribution in [0.1, 0.15) is 26.3 Å². The summed E-state index contributed by atoms with van der Waals surface area (Å²) >= 11 is 0. The zero-order valence-corrected chi connectivity index (χ0v) is 10.3. The number of rotatable bonds is 2. The molecule has 1 aliphatic rings. The maximum absolute atomic E-state index is 12.3. The van der Waals surface area contributed by atoms with Gasteiger partial charge in [-0.25, -0.2) is 0 Å². The molecule has 0 aliphatic carbocycles. The van der Waals surface area contributed by atoms with Crippen LogP contribution in [0.4, 0.5) is 0 Å². The smallest absolute Gasteiger partial charge is 0.324 e. The van der Waals surface area contributed by atoms with Gasteiger partial charge in [-0.1, -0.05) is 44.2 Å². The molecule has 17 heavy (non-hydrogen) atoms. The van der Waals surface area contributed by atoms with Crippen LogP contribution in [0.15, 0.2) is 30.3 Å². The Labute approximate surface area is 101 Å². The van der Waals surface area contributed by atoms with E-state index in [2.05, 4.69) is 0 Å². The number of cyclic esters (lactones) is 1. The minimum atomic E-state index is -1.14. The Morgan fingerprint density at radius 3 is 2.24 bits per heavy atom. The summed E-state index contributed by atoms with van der Waals surface area (Å²) in [5.74, 6) is -0.562. The number of hydrogen-bond donors (Lipinski definition) is 0. The first-order valence-corrected chi connectivity index (χ1v) is 5.79. The Morgan fingerprint density at radius 2 is 1.76 bits per heavy atom. The summed E-state index contributed by atoms with van der Waals surface area (Å²) in [6.07, 6.45) is -0.618. The standard InChI is InChI=1S/C14H16O3/c1-9(2)11-12(15)14(3,13(16)17-11)10-7-5-4-6-8-10/h4-9,11H,1-3H3/t11-,14+/m0/s1. The van der Waals surface area contributed by atoms with Crippen LogP contribution < -0.4 is 0 Å². The van der Waals surface area contributed by atoms with Crippen LogP contribution in [-0.4, -0.2) is 17.9 Å². The van der Waals surface area contributed by atoms with Gasteiger partial charge < -0.3 is 4.74 Å². The first-order valence-electron chi connectivity index (χ1n) is 5.79. The summed E-state index contributed by atoms with van der Waals surface area (Å²) in [6, 6.07) is 9.09. The number of Topliss-reactive ketones (excluding diaryl/α,β-unsaturated/α-hetero) is 1. The molecule has 0 spiro atoms. The second-order valence-corrected chi connectivity index (χ2v) is 4.93. The van der Waals surface area contributed by atoms with E-state index < -0.39 is 17.5 Å². The van der Waals surface area contributed by atoms with Crippen molar-refractivity contribution < 1.29 is 14.3 Å². The van der Waals surface area contributed by atoms with Gasteiger partial charge >= 0.3 is 5.97 Å². The fourth-order valence-corrected chi connectivity index (χ4v) is 2.14. The van der Waals surface area contributed by atoms with Crippen LogP contribution in [0.5, 0.6) is 0 Å². The summed E-state index contributed by atoms with van der Waals surface area (Å²) in [4.78, 5) is 24.3. The van der Waals surface area contributed by atoms with Crippen molar-refractivity contribution in [1.29, 1.82) is 0 Å². The Balaban J connectivity index is 2.45. The van der Waals surface area contributed by atoms with E-state index in [-0.39, 0.29) is 11.7 Å². The van der Waals surface area contributed by atoms with Gasteiger partial charge in [-0.2, -0.15) is 0 Å². The highest BCUT2D eigenvalue weighted by Gasteiger charge is 2.55. The zero-order valence-electron chi connectivity index (χ0n) is 10.3. The van der Waals surface area contributed by atoms with Gasteiger partial charge in [0.1, 0.15) is 0 Å². The minimum absolute atomic E-state index is 0.0111. The maximum Gasteiger partial charge on any atom is 0.324 e. The van der Waals surface area contributed by atoms with Crippen molar-refractivity contribution >= 4 is 11.8 Å². The highest BCUT2D eigenvalue weighted by atomic mass is 16.6. The van der Waals surface area contributed by atoms with Gasteiger partial charge in [0.15, 0.2) is 17.3 Å². The molecule has 1 aromatic carbocycles.